The van der Waals surface area contributed by atoms with Crippen molar-refractivity contribution in [2.24, 2.45) is 0 Å². The fourth-order valence-electron chi connectivity index (χ4n) is 0. The van der Waals surface area contributed by atoms with Crippen molar-refractivity contribution in [2.75, 3.05) is 14.2 Å². The second-order valence-corrected chi connectivity index (χ2v) is 0.247. The molecule has 0 aromatic rings. The molecule has 0 atom stereocenters. The van der Waals surface area contributed by atoms with Crippen LogP contribution in [0.3, 0.4) is 0 Å². The van der Waals surface area contributed by atoms with E-state index in [2.05, 4.69) is 0 Å². The average Bonchev–Trinajstić information content (AvgIpc) is 1.75. The molecule has 0 fully saturated rings. The first kappa shape index (κ1) is 22.6. The molecule has 0 bridgehead atoms. The van der Waals surface area contributed by atoms with Gasteiger partial charge in [-0.05, 0) is 0 Å². The van der Waals surface area contributed by atoms with Gasteiger partial charge in [0.25, 0.3) is 0 Å². The average molecular weight is 154 g/mol. The maximum absolute atomic E-state index is 9.67. The Morgan fingerprint density at radius 2 is 1.11 bits per heavy atom. The van der Waals surface area contributed by atoms with Crippen LogP contribution in [0.2, 0.25) is 0 Å². The van der Waals surface area contributed by atoms with Gasteiger partial charge in [-0.1, -0.05) is 0 Å². The van der Waals surface area contributed by atoms with Gasteiger partial charge < -0.3 is 10.2 Å². The summed E-state index contributed by atoms with van der Waals surface area (Å²) >= 11 is 0. The molecule has 0 aromatic carbocycles. The molecule has 0 heterocycles. The van der Waals surface area contributed by atoms with Gasteiger partial charge in [-0.3, -0.25) is 12.9 Å². The summed E-state index contributed by atoms with van der Waals surface area (Å²) in [6.45, 7) is 0. The van der Waals surface area contributed by atoms with Gasteiger partial charge in [-0.25, -0.2) is 0 Å². The number of hydrogen-bond acceptors (Lipinski definition) is 2. The van der Waals surface area contributed by atoms with Crippen molar-refractivity contribution >= 4 is 7.54 Å². The third-order valence-corrected chi connectivity index (χ3v) is 0. The topological polar surface area (TPSA) is 43.3 Å². The molecule has 0 spiro atoms. The minimum Gasteiger partial charge on any atom is -0.857 e. The molecule has 7 heteroatoms. The maximum atomic E-state index is 9.67. The van der Waals surface area contributed by atoms with Gasteiger partial charge >= 0.3 is 37.1 Å². The SMILES string of the molecule is CO.C[O-].FB(F)F.[Na+]. The number of hydrogen-bond donors (Lipinski definition) is 1. The summed E-state index contributed by atoms with van der Waals surface area (Å²) in [5.41, 5.74) is 0. The molecule has 0 saturated heterocycles. The molecule has 0 saturated carbocycles. The number of halogens is 3. The molecule has 0 aromatic heterocycles. The largest absolute Gasteiger partial charge is 1.00 e. The van der Waals surface area contributed by atoms with Crippen LogP contribution in [0.25, 0.3) is 0 Å². The molecular weight excluding hydrogens is 147 g/mol. The molecule has 2 nitrogen and oxygen atoms in total. The van der Waals surface area contributed by atoms with Crippen LogP contribution >= 0.6 is 0 Å². The maximum Gasteiger partial charge on any atom is 1.00 e. The van der Waals surface area contributed by atoms with E-state index in [-0.39, 0.29) is 29.6 Å². The molecule has 0 aliphatic heterocycles. The Morgan fingerprint density at radius 3 is 1.11 bits per heavy atom. The van der Waals surface area contributed by atoms with E-state index in [0.717, 1.165) is 14.2 Å². The van der Waals surface area contributed by atoms with Crippen LogP contribution in [0.4, 0.5) is 12.9 Å². The van der Waals surface area contributed by atoms with Gasteiger partial charge in [0, 0.05) is 7.11 Å². The van der Waals surface area contributed by atoms with Gasteiger partial charge in [-0.15, -0.1) is 0 Å². The Balaban J connectivity index is -0.0000000221. The van der Waals surface area contributed by atoms with Gasteiger partial charge in [-0.2, -0.15) is 7.11 Å². The second kappa shape index (κ2) is 37.2. The summed E-state index contributed by atoms with van der Waals surface area (Å²) in [7, 11) is -1.92. The van der Waals surface area contributed by atoms with Crippen molar-refractivity contribution in [3.8, 4) is 0 Å². The molecule has 0 unspecified atom stereocenters. The number of aliphatic hydroxyl groups excluding tert-OH is 1. The summed E-state index contributed by atoms with van der Waals surface area (Å²) in [6.07, 6.45) is 0. The van der Waals surface area contributed by atoms with Crippen LogP contribution in [-0.2, 0) is 0 Å². The molecule has 9 heavy (non-hydrogen) atoms. The normalized spacial score (nSPS) is 4.33. The Kier molecular flexibility index (Phi) is 93.3. The predicted octanol–water partition coefficient (Wildman–Crippen LogP) is -3.53. The van der Waals surface area contributed by atoms with Crippen molar-refractivity contribution in [2.45, 2.75) is 0 Å². The van der Waals surface area contributed by atoms with E-state index in [1.165, 1.54) is 0 Å². The van der Waals surface area contributed by atoms with Crippen molar-refractivity contribution in [1.29, 1.82) is 0 Å². The van der Waals surface area contributed by atoms with Crippen molar-refractivity contribution < 1.29 is 52.7 Å². The summed E-state index contributed by atoms with van der Waals surface area (Å²) in [6, 6.07) is 0. The molecule has 1 N–H and O–H groups in total. The predicted molar refractivity (Wildman–Crippen MR) is 23.1 cm³/mol. The van der Waals surface area contributed by atoms with E-state index in [9.17, 15) is 12.9 Å². The molecule has 0 aliphatic carbocycles. The first-order valence-electron chi connectivity index (χ1n) is 1.51. The quantitative estimate of drug-likeness (QED) is 0.367. The van der Waals surface area contributed by atoms with Crippen LogP contribution in [0.1, 0.15) is 0 Å². The van der Waals surface area contributed by atoms with Crippen LogP contribution in [0.15, 0.2) is 0 Å². The van der Waals surface area contributed by atoms with E-state index < -0.39 is 7.54 Å². The standard InChI is InChI=1S/CH4O.CH3O.BF3.Na/c2*1-2;2-1(3)4;/h2H,1H3;1H3;;/q;-1;;+1. The van der Waals surface area contributed by atoms with Gasteiger partial charge in [0.15, 0.2) is 0 Å². The fourth-order valence-corrected chi connectivity index (χ4v) is 0. The zero-order chi connectivity index (χ0) is 7.58. The van der Waals surface area contributed by atoms with Crippen LogP contribution < -0.4 is 34.7 Å². The number of aliphatic hydroxyl groups is 1. The monoisotopic (exact) mass is 154 g/mol. The van der Waals surface area contributed by atoms with E-state index >= 15 is 0 Å². The molecule has 0 amide bonds. The second-order valence-electron chi connectivity index (χ2n) is 0.247. The third-order valence-electron chi connectivity index (χ3n) is 0. The zero-order valence-corrected chi connectivity index (χ0v) is 7.57. The molecular formula is C2H7BF3NaO2. The summed E-state index contributed by atoms with van der Waals surface area (Å²) in [5, 5.41) is 15.2. The molecule has 0 aliphatic rings. The molecule has 0 rings (SSSR count). The van der Waals surface area contributed by atoms with Crippen LogP contribution in [0, 0.1) is 0 Å². The summed E-state index contributed by atoms with van der Waals surface area (Å²) in [4.78, 5) is 0. The van der Waals surface area contributed by atoms with Crippen molar-refractivity contribution in [1.82, 2.24) is 0 Å². The minimum atomic E-state index is -3.67. The van der Waals surface area contributed by atoms with E-state index in [1.807, 2.05) is 0 Å². The van der Waals surface area contributed by atoms with E-state index in [1.54, 1.807) is 0 Å². The summed E-state index contributed by atoms with van der Waals surface area (Å²) in [5.74, 6) is 0. The van der Waals surface area contributed by atoms with Crippen molar-refractivity contribution in [3.63, 3.8) is 0 Å². The first-order chi connectivity index (χ1) is 3.73. The van der Waals surface area contributed by atoms with Crippen LogP contribution in [0.5, 0.6) is 0 Å². The van der Waals surface area contributed by atoms with Gasteiger partial charge in [0.2, 0.25) is 0 Å². The molecule has 52 valence electrons. The Labute approximate surface area is 74.6 Å². The first-order valence-corrected chi connectivity index (χ1v) is 1.51. The Bertz CT molecular complexity index is 24.5. The Morgan fingerprint density at radius 1 is 1.11 bits per heavy atom. The Hall–Kier alpha value is 0.775. The van der Waals surface area contributed by atoms with Crippen LogP contribution in [-0.4, -0.2) is 26.9 Å². The smallest absolute Gasteiger partial charge is 0.857 e. The van der Waals surface area contributed by atoms with E-state index in [4.69, 9.17) is 10.2 Å². The number of rotatable bonds is 0. The van der Waals surface area contributed by atoms with Crippen molar-refractivity contribution in [3.05, 3.63) is 0 Å². The van der Waals surface area contributed by atoms with E-state index in [0.29, 0.717) is 0 Å². The summed E-state index contributed by atoms with van der Waals surface area (Å²) < 4.78 is 29.0. The van der Waals surface area contributed by atoms with Gasteiger partial charge in [0.05, 0.1) is 0 Å². The fraction of sp³-hybridized carbons (Fsp3) is 1.00. The minimum absolute atomic E-state index is 0. The van der Waals surface area contributed by atoms with Gasteiger partial charge in [0.1, 0.15) is 0 Å². The third kappa shape index (κ3) is 671. The zero-order valence-electron chi connectivity index (χ0n) is 5.57. The molecule has 0 radical (unpaired) electrons.